The standard InChI is InChI=1S/C14H21ClN2O2S/c1-11-3-6-13(7-4-11)17(2)20(18,19)14-8-5-12(9-15)10-16-14/h5,8,10-11,13H,3-4,6-7,9H2,1-2H3. The van der Waals surface area contributed by atoms with E-state index >= 15 is 0 Å². The molecule has 1 fully saturated rings. The predicted octanol–water partition coefficient (Wildman–Crippen LogP) is 3.02. The molecule has 6 heteroatoms. The van der Waals surface area contributed by atoms with E-state index in [4.69, 9.17) is 11.6 Å². The van der Waals surface area contributed by atoms with Crippen molar-refractivity contribution in [3.05, 3.63) is 23.9 Å². The van der Waals surface area contributed by atoms with Gasteiger partial charge in [-0.2, -0.15) is 4.31 Å². The molecule has 0 amide bonds. The predicted molar refractivity (Wildman–Crippen MR) is 80.2 cm³/mol. The molecule has 0 N–H and O–H groups in total. The molecule has 20 heavy (non-hydrogen) atoms. The molecule has 0 aromatic carbocycles. The Labute approximate surface area is 126 Å². The topological polar surface area (TPSA) is 50.3 Å². The number of alkyl halides is 1. The zero-order valence-corrected chi connectivity index (χ0v) is 13.5. The summed E-state index contributed by atoms with van der Waals surface area (Å²) in [7, 11) is -1.84. The number of pyridine rings is 1. The molecule has 1 aromatic rings. The van der Waals surface area contributed by atoms with Gasteiger partial charge in [-0.05, 0) is 43.2 Å². The molecule has 0 unspecified atom stereocenters. The zero-order valence-electron chi connectivity index (χ0n) is 11.9. The van der Waals surface area contributed by atoms with Crippen LogP contribution in [0.3, 0.4) is 0 Å². The first-order valence-corrected chi connectivity index (χ1v) is 8.91. The lowest BCUT2D eigenvalue weighted by Crippen LogP contribution is -2.39. The van der Waals surface area contributed by atoms with E-state index in [1.165, 1.54) is 16.6 Å². The summed E-state index contributed by atoms with van der Waals surface area (Å²) in [6.45, 7) is 2.22. The van der Waals surface area contributed by atoms with E-state index in [9.17, 15) is 8.42 Å². The van der Waals surface area contributed by atoms with Crippen molar-refractivity contribution in [2.24, 2.45) is 5.92 Å². The van der Waals surface area contributed by atoms with Gasteiger partial charge in [-0.15, -0.1) is 11.6 Å². The summed E-state index contributed by atoms with van der Waals surface area (Å²) in [4.78, 5) is 4.04. The quantitative estimate of drug-likeness (QED) is 0.802. The summed E-state index contributed by atoms with van der Waals surface area (Å²) in [5.74, 6) is 1.03. The van der Waals surface area contributed by atoms with Crippen LogP contribution >= 0.6 is 11.6 Å². The fourth-order valence-electron chi connectivity index (χ4n) is 2.59. The van der Waals surface area contributed by atoms with Gasteiger partial charge in [0.2, 0.25) is 0 Å². The minimum Gasteiger partial charge on any atom is -0.243 e. The van der Waals surface area contributed by atoms with Crippen LogP contribution in [-0.2, 0) is 15.9 Å². The molecule has 1 heterocycles. The van der Waals surface area contributed by atoms with Gasteiger partial charge < -0.3 is 0 Å². The average molecular weight is 317 g/mol. The van der Waals surface area contributed by atoms with Gasteiger partial charge in [-0.25, -0.2) is 13.4 Å². The lowest BCUT2D eigenvalue weighted by Gasteiger charge is -2.32. The van der Waals surface area contributed by atoms with Crippen LogP contribution in [0, 0.1) is 5.92 Å². The van der Waals surface area contributed by atoms with Gasteiger partial charge in [-0.3, -0.25) is 0 Å². The average Bonchev–Trinajstić information content (AvgIpc) is 2.47. The van der Waals surface area contributed by atoms with Gasteiger partial charge in [-0.1, -0.05) is 13.0 Å². The number of halogens is 1. The van der Waals surface area contributed by atoms with Gasteiger partial charge in [0.25, 0.3) is 10.0 Å². The summed E-state index contributed by atoms with van der Waals surface area (Å²) >= 11 is 5.69. The van der Waals surface area contributed by atoms with Gasteiger partial charge in [0, 0.05) is 25.2 Å². The Kier molecular flexibility index (Phi) is 5.04. The van der Waals surface area contributed by atoms with E-state index in [1.54, 1.807) is 13.1 Å². The molecule has 1 aliphatic carbocycles. The molecule has 0 saturated heterocycles. The molecule has 0 radical (unpaired) electrons. The lowest BCUT2D eigenvalue weighted by molar-refractivity contribution is 0.245. The first-order valence-electron chi connectivity index (χ1n) is 6.94. The first kappa shape index (κ1) is 15.7. The Morgan fingerprint density at radius 3 is 2.45 bits per heavy atom. The maximum atomic E-state index is 12.5. The number of hydrogen-bond acceptors (Lipinski definition) is 3. The minimum absolute atomic E-state index is 0.0886. The van der Waals surface area contributed by atoms with Gasteiger partial charge in [0.1, 0.15) is 0 Å². The molecular weight excluding hydrogens is 296 g/mol. The van der Waals surface area contributed by atoms with Crippen molar-refractivity contribution in [1.29, 1.82) is 0 Å². The van der Waals surface area contributed by atoms with E-state index in [2.05, 4.69) is 11.9 Å². The van der Waals surface area contributed by atoms with E-state index < -0.39 is 10.0 Å². The van der Waals surface area contributed by atoms with E-state index in [0.29, 0.717) is 11.8 Å². The molecule has 0 aliphatic heterocycles. The molecule has 1 saturated carbocycles. The molecule has 0 spiro atoms. The van der Waals surface area contributed by atoms with Crippen molar-refractivity contribution < 1.29 is 8.42 Å². The van der Waals surface area contributed by atoms with Crippen LogP contribution in [0.25, 0.3) is 0 Å². The van der Waals surface area contributed by atoms with Gasteiger partial charge in [0.15, 0.2) is 5.03 Å². The zero-order chi connectivity index (χ0) is 14.8. The van der Waals surface area contributed by atoms with Crippen molar-refractivity contribution in [2.45, 2.75) is 49.6 Å². The highest BCUT2D eigenvalue weighted by molar-refractivity contribution is 7.89. The van der Waals surface area contributed by atoms with E-state index in [0.717, 1.165) is 31.2 Å². The number of nitrogens with zero attached hydrogens (tertiary/aromatic N) is 2. The molecule has 1 aromatic heterocycles. The van der Waals surface area contributed by atoms with Crippen LogP contribution < -0.4 is 0 Å². The van der Waals surface area contributed by atoms with Crippen LogP contribution in [-0.4, -0.2) is 30.8 Å². The third-order valence-electron chi connectivity index (χ3n) is 4.09. The second-order valence-corrected chi connectivity index (χ2v) is 7.78. The largest absolute Gasteiger partial charge is 0.260 e. The van der Waals surface area contributed by atoms with Crippen molar-refractivity contribution in [3.63, 3.8) is 0 Å². The number of hydrogen-bond donors (Lipinski definition) is 0. The van der Waals surface area contributed by atoms with Crippen molar-refractivity contribution in [2.75, 3.05) is 7.05 Å². The third-order valence-corrected chi connectivity index (χ3v) is 6.23. The van der Waals surface area contributed by atoms with Crippen molar-refractivity contribution in [3.8, 4) is 0 Å². The summed E-state index contributed by atoms with van der Waals surface area (Å²) in [6, 6.07) is 3.34. The number of rotatable bonds is 4. The Balaban J connectivity index is 2.16. The van der Waals surface area contributed by atoms with Crippen molar-refractivity contribution in [1.82, 2.24) is 9.29 Å². The lowest BCUT2D eigenvalue weighted by atomic mass is 9.87. The Morgan fingerprint density at radius 1 is 1.30 bits per heavy atom. The van der Waals surface area contributed by atoms with Crippen LogP contribution in [0.5, 0.6) is 0 Å². The molecule has 1 aliphatic rings. The van der Waals surface area contributed by atoms with Crippen LogP contribution in [0.1, 0.15) is 38.2 Å². The highest BCUT2D eigenvalue weighted by Gasteiger charge is 2.31. The number of aromatic nitrogens is 1. The Hall–Kier alpha value is -0.650. The molecular formula is C14H21ClN2O2S. The van der Waals surface area contributed by atoms with Crippen LogP contribution in [0.4, 0.5) is 0 Å². The van der Waals surface area contributed by atoms with E-state index in [-0.39, 0.29) is 11.1 Å². The minimum atomic E-state index is -3.50. The fourth-order valence-corrected chi connectivity index (χ4v) is 4.07. The maximum Gasteiger partial charge on any atom is 0.260 e. The molecule has 112 valence electrons. The summed E-state index contributed by atoms with van der Waals surface area (Å²) in [5.41, 5.74) is 0.819. The SMILES string of the molecule is CC1CCC(N(C)S(=O)(=O)c2ccc(CCl)cn2)CC1. The number of sulfonamides is 1. The highest BCUT2D eigenvalue weighted by atomic mass is 35.5. The molecule has 4 nitrogen and oxygen atoms in total. The Morgan fingerprint density at radius 2 is 1.95 bits per heavy atom. The smallest absolute Gasteiger partial charge is 0.243 e. The first-order chi connectivity index (χ1) is 9.45. The second-order valence-electron chi connectivity index (χ2n) is 5.57. The van der Waals surface area contributed by atoms with E-state index in [1.807, 2.05) is 0 Å². The molecule has 0 atom stereocenters. The normalized spacial score (nSPS) is 24.0. The summed E-state index contributed by atoms with van der Waals surface area (Å²) in [5, 5.41) is 0.104. The van der Waals surface area contributed by atoms with Gasteiger partial charge >= 0.3 is 0 Å². The molecule has 0 bridgehead atoms. The van der Waals surface area contributed by atoms with Crippen LogP contribution in [0.2, 0.25) is 0 Å². The highest BCUT2D eigenvalue weighted by Crippen LogP contribution is 2.29. The summed E-state index contributed by atoms with van der Waals surface area (Å²) in [6.07, 6.45) is 5.55. The monoisotopic (exact) mass is 316 g/mol. The Bertz CT molecular complexity index is 537. The summed E-state index contributed by atoms with van der Waals surface area (Å²) < 4.78 is 26.6. The second kappa shape index (κ2) is 6.41. The molecule has 2 rings (SSSR count). The van der Waals surface area contributed by atoms with Crippen LogP contribution in [0.15, 0.2) is 23.4 Å². The maximum absolute atomic E-state index is 12.5. The van der Waals surface area contributed by atoms with Gasteiger partial charge in [0.05, 0.1) is 0 Å². The van der Waals surface area contributed by atoms with Crippen molar-refractivity contribution >= 4 is 21.6 Å². The fraction of sp³-hybridized carbons (Fsp3) is 0.643. The third kappa shape index (κ3) is 3.32.